The van der Waals surface area contributed by atoms with Crippen LogP contribution in [0, 0.1) is 28.6 Å². The fourth-order valence-corrected chi connectivity index (χ4v) is 10.2. The Balaban J connectivity index is 1.33. The molecule has 5 aliphatic rings. The molecule has 5 heteroatoms. The number of hydrogen-bond acceptors (Lipinski definition) is 5. The molecule has 0 amide bonds. The summed E-state index contributed by atoms with van der Waals surface area (Å²) in [7, 11) is 1.72. The highest BCUT2D eigenvalue weighted by Gasteiger charge is 2.72. The molecule has 1 aromatic rings. The third kappa shape index (κ3) is 3.85. The fourth-order valence-electron chi connectivity index (χ4n) is 10.2. The topological polar surface area (TPSA) is 62.2 Å². The maximum atomic E-state index is 12.9. The van der Waals surface area contributed by atoms with Crippen LogP contribution in [-0.4, -0.2) is 60.2 Å². The summed E-state index contributed by atoms with van der Waals surface area (Å²) in [6, 6.07) is 8.51. The smallest absolute Gasteiger partial charge is 0.118 e. The highest BCUT2D eigenvalue weighted by atomic mass is 16.5. The minimum Gasteiger partial charge on any atom is -0.497 e. The van der Waals surface area contributed by atoms with E-state index in [0.717, 1.165) is 70.1 Å². The van der Waals surface area contributed by atoms with Crippen LogP contribution in [0.3, 0.4) is 0 Å². The number of methoxy groups -OCH3 is 1. The van der Waals surface area contributed by atoms with Gasteiger partial charge >= 0.3 is 0 Å². The lowest BCUT2D eigenvalue weighted by Gasteiger charge is -2.64. The Hall–Kier alpha value is -1.14. The van der Waals surface area contributed by atoms with Crippen LogP contribution in [0.4, 0.5) is 0 Å². The standard InChI is InChI=1S/C32H49NO4/c1-29-14-12-25(34)22-24(29)8-11-28-27(29)13-15-30(2)31(28,35)16-17-32(30,23-6-9-26(36-3)10-7-23)37-21-20-33-18-4-5-19-33/h6-7,9-10,24-25,27-28,34-35H,4-5,8,11-22H2,1-3H3/t24-,25-,27-,28+,29-,30-,31-,32-/m0/s1. The summed E-state index contributed by atoms with van der Waals surface area (Å²) in [5.74, 6) is 2.30. The Kier molecular flexibility index (Phi) is 6.70. The van der Waals surface area contributed by atoms with Crippen LogP contribution in [0.5, 0.6) is 5.75 Å². The fraction of sp³-hybridized carbons (Fsp3) is 0.812. The van der Waals surface area contributed by atoms with Gasteiger partial charge < -0.3 is 24.6 Å². The van der Waals surface area contributed by atoms with Crippen molar-refractivity contribution >= 4 is 0 Å². The van der Waals surface area contributed by atoms with Gasteiger partial charge in [-0.1, -0.05) is 26.0 Å². The van der Waals surface area contributed by atoms with Gasteiger partial charge in [0, 0.05) is 12.0 Å². The zero-order valence-electron chi connectivity index (χ0n) is 23.4. The molecule has 6 rings (SSSR count). The quantitative estimate of drug-likeness (QED) is 0.527. The van der Waals surface area contributed by atoms with E-state index in [0.29, 0.717) is 24.4 Å². The zero-order chi connectivity index (χ0) is 25.9. The molecule has 1 aromatic carbocycles. The van der Waals surface area contributed by atoms with Gasteiger partial charge in [-0.15, -0.1) is 0 Å². The monoisotopic (exact) mass is 511 g/mol. The van der Waals surface area contributed by atoms with E-state index < -0.39 is 11.2 Å². The van der Waals surface area contributed by atoms with E-state index in [9.17, 15) is 10.2 Å². The van der Waals surface area contributed by atoms with Crippen molar-refractivity contribution in [3.05, 3.63) is 29.8 Å². The summed E-state index contributed by atoms with van der Waals surface area (Å²) in [4.78, 5) is 2.53. The van der Waals surface area contributed by atoms with Crippen molar-refractivity contribution in [1.29, 1.82) is 0 Å². The van der Waals surface area contributed by atoms with Crippen LogP contribution in [0.1, 0.15) is 90.0 Å². The number of nitrogens with zero attached hydrogens (tertiary/aromatic N) is 1. The average molecular weight is 512 g/mol. The molecule has 0 spiro atoms. The molecule has 8 atom stereocenters. The van der Waals surface area contributed by atoms with Crippen molar-refractivity contribution in [3.8, 4) is 5.75 Å². The molecular formula is C32H49NO4. The Morgan fingerprint density at radius 2 is 1.68 bits per heavy atom. The van der Waals surface area contributed by atoms with E-state index >= 15 is 0 Å². The number of fused-ring (bicyclic) bond motifs is 5. The minimum atomic E-state index is -0.729. The lowest BCUT2D eigenvalue weighted by atomic mass is 9.42. The van der Waals surface area contributed by atoms with Crippen LogP contribution in [0.15, 0.2) is 24.3 Å². The number of ether oxygens (including phenoxy) is 2. The molecule has 0 radical (unpaired) electrons. The second-order valence-electron chi connectivity index (χ2n) is 13.7. The van der Waals surface area contributed by atoms with Crippen molar-refractivity contribution in [3.63, 3.8) is 0 Å². The van der Waals surface area contributed by atoms with Gasteiger partial charge in [0.25, 0.3) is 0 Å². The van der Waals surface area contributed by atoms with Gasteiger partial charge in [0.05, 0.1) is 25.4 Å². The SMILES string of the molecule is COc1ccc([C@@]2(OCCN3CCCC3)CC[C@]3(O)[C@@H]4CC[C@H]5C[C@@H](O)CC[C@]5(C)[C@H]4CC[C@]23C)cc1. The van der Waals surface area contributed by atoms with E-state index in [1.165, 1.54) is 31.5 Å². The second-order valence-corrected chi connectivity index (χ2v) is 13.7. The molecule has 2 N–H and O–H groups in total. The van der Waals surface area contributed by atoms with Crippen molar-refractivity contribution < 1.29 is 19.7 Å². The number of aliphatic hydroxyl groups is 2. The number of likely N-dealkylation sites (tertiary alicyclic amines) is 1. The van der Waals surface area contributed by atoms with Gasteiger partial charge in [-0.25, -0.2) is 0 Å². The molecule has 5 nitrogen and oxygen atoms in total. The van der Waals surface area contributed by atoms with Gasteiger partial charge in [-0.2, -0.15) is 0 Å². The van der Waals surface area contributed by atoms with E-state index in [-0.39, 0.29) is 16.9 Å². The first-order chi connectivity index (χ1) is 17.8. The largest absolute Gasteiger partial charge is 0.497 e. The Bertz CT molecular complexity index is 962. The molecule has 0 bridgehead atoms. The first kappa shape index (κ1) is 26.1. The lowest BCUT2D eigenvalue weighted by Crippen LogP contribution is -2.65. The number of rotatable bonds is 6. The van der Waals surface area contributed by atoms with Gasteiger partial charge in [0.1, 0.15) is 11.4 Å². The predicted molar refractivity (Wildman–Crippen MR) is 145 cm³/mol. The molecule has 0 aromatic heterocycles. The molecular weight excluding hydrogens is 462 g/mol. The summed E-state index contributed by atoms with van der Waals surface area (Å²) in [6.07, 6.45) is 11.5. The summed E-state index contributed by atoms with van der Waals surface area (Å²) >= 11 is 0. The summed E-state index contributed by atoms with van der Waals surface area (Å²) in [5.41, 5.74) is -0.112. The van der Waals surface area contributed by atoms with E-state index in [1.54, 1.807) is 7.11 Å². The van der Waals surface area contributed by atoms with E-state index in [2.05, 4.69) is 43.0 Å². The molecule has 1 aliphatic heterocycles. The van der Waals surface area contributed by atoms with Crippen LogP contribution in [0.25, 0.3) is 0 Å². The Labute approximate surface area is 223 Å². The highest BCUT2D eigenvalue weighted by molar-refractivity contribution is 5.37. The first-order valence-electron chi connectivity index (χ1n) is 15.2. The second kappa shape index (κ2) is 9.50. The van der Waals surface area contributed by atoms with Gasteiger partial charge in [-0.3, -0.25) is 0 Å². The maximum Gasteiger partial charge on any atom is 0.118 e. The average Bonchev–Trinajstić information content (AvgIpc) is 3.50. The van der Waals surface area contributed by atoms with Gasteiger partial charge in [-0.05, 0) is 125 Å². The Morgan fingerprint density at radius 3 is 2.41 bits per heavy atom. The molecule has 4 saturated carbocycles. The summed E-state index contributed by atoms with van der Waals surface area (Å²) < 4.78 is 12.6. The van der Waals surface area contributed by atoms with Crippen LogP contribution in [0.2, 0.25) is 0 Å². The first-order valence-corrected chi connectivity index (χ1v) is 15.2. The van der Waals surface area contributed by atoms with Crippen molar-refractivity contribution in [1.82, 2.24) is 4.90 Å². The van der Waals surface area contributed by atoms with Crippen LogP contribution < -0.4 is 4.74 Å². The van der Waals surface area contributed by atoms with Gasteiger partial charge in [0.15, 0.2) is 0 Å². The van der Waals surface area contributed by atoms with Crippen LogP contribution in [-0.2, 0) is 10.3 Å². The molecule has 1 saturated heterocycles. The van der Waals surface area contributed by atoms with Crippen molar-refractivity contribution in [2.75, 3.05) is 33.4 Å². The molecule has 4 aliphatic carbocycles. The van der Waals surface area contributed by atoms with Crippen LogP contribution >= 0.6 is 0 Å². The number of benzene rings is 1. The summed E-state index contributed by atoms with van der Waals surface area (Å²) in [5, 5.41) is 23.3. The van der Waals surface area contributed by atoms with Crippen molar-refractivity contribution in [2.45, 2.75) is 102 Å². The number of hydrogen-bond donors (Lipinski definition) is 2. The summed E-state index contributed by atoms with van der Waals surface area (Å²) in [6.45, 7) is 8.89. The third-order valence-electron chi connectivity index (χ3n) is 12.4. The molecule has 1 heterocycles. The minimum absolute atomic E-state index is 0.134. The lowest BCUT2D eigenvalue weighted by molar-refractivity contribution is -0.249. The van der Waals surface area contributed by atoms with Gasteiger partial charge in [0.2, 0.25) is 0 Å². The predicted octanol–water partition coefficient (Wildman–Crippen LogP) is 5.52. The molecule has 37 heavy (non-hydrogen) atoms. The van der Waals surface area contributed by atoms with E-state index in [1.807, 2.05) is 0 Å². The highest BCUT2D eigenvalue weighted by Crippen LogP contribution is 2.72. The molecule has 0 unspecified atom stereocenters. The number of aliphatic hydroxyl groups excluding tert-OH is 1. The maximum absolute atomic E-state index is 12.9. The Morgan fingerprint density at radius 1 is 0.919 bits per heavy atom. The third-order valence-corrected chi connectivity index (χ3v) is 12.4. The molecule has 5 fully saturated rings. The molecule has 206 valence electrons. The van der Waals surface area contributed by atoms with Crippen molar-refractivity contribution in [2.24, 2.45) is 28.6 Å². The zero-order valence-corrected chi connectivity index (χ0v) is 23.4. The van der Waals surface area contributed by atoms with E-state index in [4.69, 9.17) is 9.47 Å². The normalized spacial score (nSPS) is 45.8.